The molecule has 0 aliphatic carbocycles. The second-order valence-electron chi connectivity index (χ2n) is 10.6. The molecule has 0 radical (unpaired) electrons. The average Bonchev–Trinajstić information content (AvgIpc) is 3.08. The highest BCUT2D eigenvalue weighted by atomic mass is 35.5. The molecule has 4 nitrogen and oxygen atoms in total. The molecule has 1 aliphatic heterocycles. The predicted molar refractivity (Wildman–Crippen MR) is 154 cm³/mol. The van der Waals surface area contributed by atoms with E-state index < -0.39 is 16.4 Å². The number of nitrogens with zero attached hydrogens (tertiary/aromatic N) is 2. The molecule has 1 aliphatic rings. The molecule has 0 spiro atoms. The second kappa shape index (κ2) is 9.98. The molecule has 194 valence electrons. The molecular weight excluding hydrogens is 527 g/mol. The lowest BCUT2D eigenvalue weighted by atomic mass is 9.71. The van der Waals surface area contributed by atoms with Gasteiger partial charge in [-0.1, -0.05) is 74.3 Å². The van der Waals surface area contributed by atoms with Crippen LogP contribution in [-0.2, 0) is 16.5 Å². The van der Waals surface area contributed by atoms with Gasteiger partial charge in [-0.25, -0.2) is 0 Å². The van der Waals surface area contributed by atoms with Crippen LogP contribution in [0.2, 0.25) is 10.0 Å². The largest absolute Gasteiger partial charge is 0.493 e. The molecule has 4 rings (SSSR count). The Hall–Kier alpha value is -2.53. The Morgan fingerprint density at radius 1 is 0.919 bits per heavy atom. The van der Waals surface area contributed by atoms with Crippen LogP contribution in [0.4, 0.5) is 4.79 Å². The summed E-state index contributed by atoms with van der Waals surface area (Å²) in [5.41, 5.74) is 1.47. The Bertz CT molecular complexity index is 1350. The van der Waals surface area contributed by atoms with E-state index in [1.165, 1.54) is 0 Å². The maximum atomic E-state index is 13.3. The van der Waals surface area contributed by atoms with Gasteiger partial charge in [-0.15, -0.1) is 0 Å². The Balaban J connectivity index is 2.07. The van der Waals surface area contributed by atoms with Crippen molar-refractivity contribution in [1.82, 2.24) is 4.90 Å². The van der Waals surface area contributed by atoms with Crippen LogP contribution < -0.4 is 4.74 Å². The molecule has 0 aromatic heterocycles. The smallest absolute Gasteiger partial charge is 0.322 e. The van der Waals surface area contributed by atoms with Gasteiger partial charge in [0.15, 0.2) is 0 Å². The van der Waals surface area contributed by atoms with E-state index in [0.29, 0.717) is 33.8 Å². The van der Waals surface area contributed by atoms with Gasteiger partial charge in [-0.05, 0) is 90.9 Å². The topological polar surface area (TPSA) is 41.9 Å². The minimum Gasteiger partial charge on any atom is -0.493 e. The summed E-state index contributed by atoms with van der Waals surface area (Å²) in [6.07, 6.45) is 0. The third-order valence-electron chi connectivity index (χ3n) is 7.31. The average molecular weight is 558 g/mol. The van der Waals surface area contributed by atoms with Crippen molar-refractivity contribution in [3.05, 3.63) is 99.0 Å². The summed E-state index contributed by atoms with van der Waals surface area (Å²) < 4.78 is 6.03. The van der Waals surface area contributed by atoms with Crippen LogP contribution in [0.15, 0.2) is 71.7 Å². The fourth-order valence-electron chi connectivity index (χ4n) is 5.00. The molecule has 3 aromatic rings. The zero-order valence-electron chi connectivity index (χ0n) is 21.9. The molecule has 0 saturated heterocycles. The highest BCUT2D eigenvalue weighted by Gasteiger charge is 2.59. The molecule has 1 heterocycles. The van der Waals surface area contributed by atoms with E-state index in [1.807, 2.05) is 87.5 Å². The minimum absolute atomic E-state index is 0.132. The van der Waals surface area contributed by atoms with Gasteiger partial charge in [0.25, 0.3) is 0 Å². The third kappa shape index (κ3) is 4.76. The minimum atomic E-state index is -0.999. The Morgan fingerprint density at radius 2 is 1.46 bits per heavy atom. The molecule has 1 amide bonds. The molecule has 37 heavy (non-hydrogen) atoms. The van der Waals surface area contributed by atoms with Gasteiger partial charge in [0, 0.05) is 10.0 Å². The summed E-state index contributed by atoms with van der Waals surface area (Å²) in [5.74, 6) is 1.08. The van der Waals surface area contributed by atoms with Gasteiger partial charge in [0.05, 0.1) is 12.2 Å². The first-order chi connectivity index (χ1) is 17.3. The lowest BCUT2D eigenvalue weighted by Gasteiger charge is -2.44. The van der Waals surface area contributed by atoms with E-state index in [1.54, 1.807) is 4.90 Å². The summed E-state index contributed by atoms with van der Waals surface area (Å²) in [6.45, 7) is 12.8. The Labute approximate surface area is 234 Å². The lowest BCUT2D eigenvalue weighted by molar-refractivity contribution is 0.149. The monoisotopic (exact) mass is 556 g/mol. The van der Waals surface area contributed by atoms with Crippen LogP contribution in [-0.4, -0.2) is 22.7 Å². The zero-order valence-corrected chi connectivity index (χ0v) is 24.2. The zero-order chi connectivity index (χ0) is 27.2. The first kappa shape index (κ1) is 27.5. The van der Waals surface area contributed by atoms with Gasteiger partial charge < -0.3 is 4.74 Å². The van der Waals surface area contributed by atoms with Crippen LogP contribution in [0.1, 0.15) is 63.8 Å². The first-order valence-corrected chi connectivity index (χ1v) is 13.4. The third-order valence-corrected chi connectivity index (χ3v) is 7.98. The van der Waals surface area contributed by atoms with E-state index in [0.717, 1.165) is 16.7 Å². The van der Waals surface area contributed by atoms with Crippen molar-refractivity contribution in [1.29, 1.82) is 0 Å². The van der Waals surface area contributed by atoms with Gasteiger partial charge in [-0.2, -0.15) is 0 Å². The number of carbonyl (C=O) groups is 1. The van der Waals surface area contributed by atoms with Gasteiger partial charge in [0.2, 0.25) is 0 Å². The van der Waals surface area contributed by atoms with Crippen molar-refractivity contribution in [3.8, 4) is 5.75 Å². The molecule has 2 atom stereocenters. The molecule has 7 heteroatoms. The standard InChI is InChI=1S/C30H31Cl3N2O2/c1-7-37-25-17-12-21(28(2,3)4)18-24(25)26-34-29(5,19-8-13-22(31)14-9-19)30(6,35(26)27(33)36)20-10-15-23(32)16-11-20/h8-18H,7H2,1-6H3/t29-,30-/m0/s1. The van der Waals surface area contributed by atoms with Crippen molar-refractivity contribution in [2.45, 2.75) is 58.0 Å². The summed E-state index contributed by atoms with van der Waals surface area (Å²) in [6, 6.07) is 21.0. The summed E-state index contributed by atoms with van der Waals surface area (Å²) in [5, 5.41) is 0.571. The molecule has 0 fully saturated rings. The second-order valence-corrected chi connectivity index (χ2v) is 11.8. The first-order valence-electron chi connectivity index (χ1n) is 12.2. The number of hydrogen-bond acceptors (Lipinski definition) is 3. The molecular formula is C30H31Cl3N2O2. The molecule has 0 N–H and O–H groups in total. The molecule has 3 aromatic carbocycles. The van der Waals surface area contributed by atoms with Crippen LogP contribution in [0.3, 0.4) is 0 Å². The molecule has 0 unspecified atom stereocenters. The summed E-state index contributed by atoms with van der Waals surface area (Å²) >= 11 is 18.9. The van der Waals surface area contributed by atoms with Gasteiger partial charge >= 0.3 is 5.37 Å². The molecule has 0 bridgehead atoms. The highest BCUT2D eigenvalue weighted by Crippen LogP contribution is 2.54. The number of amides is 1. The number of carbonyl (C=O) groups excluding carboxylic acids is 1. The lowest BCUT2D eigenvalue weighted by Crippen LogP contribution is -2.53. The van der Waals surface area contributed by atoms with Gasteiger partial charge in [0.1, 0.15) is 22.7 Å². The van der Waals surface area contributed by atoms with Crippen molar-refractivity contribution in [2.75, 3.05) is 6.61 Å². The Morgan fingerprint density at radius 3 is 1.95 bits per heavy atom. The number of ether oxygens (including phenoxy) is 1. The van der Waals surface area contributed by atoms with E-state index in [9.17, 15) is 4.79 Å². The molecule has 0 saturated carbocycles. The number of rotatable bonds is 5. The maximum Gasteiger partial charge on any atom is 0.322 e. The van der Waals surface area contributed by atoms with Crippen molar-refractivity contribution in [2.24, 2.45) is 4.99 Å². The predicted octanol–water partition coefficient (Wildman–Crippen LogP) is 8.94. The number of benzene rings is 3. The van der Waals surface area contributed by atoms with Crippen molar-refractivity contribution >= 4 is 46.0 Å². The summed E-state index contributed by atoms with van der Waals surface area (Å²) in [4.78, 5) is 20.2. The van der Waals surface area contributed by atoms with E-state index in [4.69, 9.17) is 44.5 Å². The summed E-state index contributed by atoms with van der Waals surface area (Å²) in [7, 11) is 0. The van der Waals surface area contributed by atoms with Gasteiger partial charge in [-0.3, -0.25) is 14.7 Å². The maximum absolute atomic E-state index is 13.3. The van der Waals surface area contributed by atoms with Crippen LogP contribution in [0.5, 0.6) is 5.75 Å². The van der Waals surface area contributed by atoms with Crippen molar-refractivity contribution < 1.29 is 9.53 Å². The van der Waals surface area contributed by atoms with Crippen molar-refractivity contribution in [3.63, 3.8) is 0 Å². The van der Waals surface area contributed by atoms with E-state index >= 15 is 0 Å². The SMILES string of the molecule is CCOc1ccc(C(C)(C)C)cc1C1=N[C@@](C)(c2ccc(Cl)cc2)[C@](C)(c2ccc(Cl)cc2)N1C(=O)Cl. The number of amidine groups is 1. The number of aliphatic imine (C=N–C) groups is 1. The quantitative estimate of drug-likeness (QED) is 0.232. The van der Waals surface area contributed by atoms with Crippen LogP contribution >= 0.6 is 34.8 Å². The van der Waals surface area contributed by atoms with Crippen LogP contribution in [0.25, 0.3) is 0 Å². The van der Waals surface area contributed by atoms with E-state index in [-0.39, 0.29) is 5.41 Å². The normalized spacial score (nSPS) is 21.6. The van der Waals surface area contributed by atoms with E-state index in [2.05, 4.69) is 20.8 Å². The number of hydrogen-bond donors (Lipinski definition) is 0. The number of halogens is 3. The van der Waals surface area contributed by atoms with Crippen LogP contribution in [0, 0.1) is 0 Å². The Kier molecular flexibility index (Phi) is 7.42. The fourth-order valence-corrected chi connectivity index (χ4v) is 5.50. The fraction of sp³-hybridized carbons (Fsp3) is 0.333. The highest BCUT2D eigenvalue weighted by molar-refractivity contribution is 6.64.